The maximum atomic E-state index is 10.9. The minimum absolute atomic E-state index is 0.410. The molecule has 1 atom stereocenters. The molecule has 2 rings (SSSR count). The van der Waals surface area contributed by atoms with Crippen molar-refractivity contribution in [2.24, 2.45) is 5.92 Å². The van der Waals surface area contributed by atoms with Gasteiger partial charge in [-0.1, -0.05) is 12.8 Å². The molecule has 1 aliphatic rings. The molecule has 0 radical (unpaired) electrons. The average Bonchev–Trinajstić information content (AvgIpc) is 2.90. The van der Waals surface area contributed by atoms with Crippen LogP contribution < -0.4 is 4.90 Å². The second kappa shape index (κ2) is 5.25. The molecule has 4 nitrogen and oxygen atoms in total. The van der Waals surface area contributed by atoms with Crippen LogP contribution in [0.1, 0.15) is 43.1 Å². The van der Waals surface area contributed by atoms with E-state index in [1.807, 2.05) is 7.05 Å². The highest BCUT2D eigenvalue weighted by atomic mass is 16.1. The molecule has 0 amide bonds. The quantitative estimate of drug-likeness (QED) is 0.749. The van der Waals surface area contributed by atoms with E-state index in [-0.39, 0.29) is 0 Å². The van der Waals surface area contributed by atoms with Crippen molar-refractivity contribution in [3.63, 3.8) is 0 Å². The molecule has 17 heavy (non-hydrogen) atoms. The van der Waals surface area contributed by atoms with Gasteiger partial charge < -0.3 is 4.90 Å². The van der Waals surface area contributed by atoms with Crippen LogP contribution >= 0.6 is 0 Å². The molecule has 1 unspecified atom stereocenters. The third-order valence-electron chi connectivity index (χ3n) is 3.84. The van der Waals surface area contributed by atoms with Gasteiger partial charge in [-0.05, 0) is 25.7 Å². The number of carbonyl (C=O) groups excluding carboxylic acids is 1. The Labute approximate surface area is 102 Å². The van der Waals surface area contributed by atoms with Crippen LogP contribution in [0.15, 0.2) is 12.4 Å². The normalized spacial score (nSPS) is 18.0. The lowest BCUT2D eigenvalue weighted by Gasteiger charge is -2.30. The highest BCUT2D eigenvalue weighted by molar-refractivity contribution is 5.79. The van der Waals surface area contributed by atoms with Crippen LogP contribution in [0.25, 0.3) is 0 Å². The largest absolute Gasteiger partial charge is 0.355 e. The summed E-state index contributed by atoms with van der Waals surface area (Å²) in [5, 5.41) is 0. The molecular formula is C13H19N3O. The number of aldehydes is 1. The molecule has 1 aliphatic carbocycles. The number of carbonyl (C=O) groups is 1. The fourth-order valence-corrected chi connectivity index (χ4v) is 2.65. The Hall–Kier alpha value is -1.45. The molecular weight excluding hydrogens is 214 g/mol. The number of anilines is 1. The predicted molar refractivity (Wildman–Crippen MR) is 67.2 cm³/mol. The van der Waals surface area contributed by atoms with Crippen LogP contribution in [-0.4, -0.2) is 29.3 Å². The fourth-order valence-electron chi connectivity index (χ4n) is 2.65. The molecule has 0 bridgehead atoms. The molecule has 92 valence electrons. The lowest BCUT2D eigenvalue weighted by Crippen LogP contribution is -2.35. The Morgan fingerprint density at radius 3 is 2.65 bits per heavy atom. The van der Waals surface area contributed by atoms with Crippen LogP contribution in [0.4, 0.5) is 5.82 Å². The Morgan fingerprint density at radius 2 is 2.00 bits per heavy atom. The zero-order chi connectivity index (χ0) is 12.3. The third kappa shape index (κ3) is 2.46. The lowest BCUT2D eigenvalue weighted by molar-refractivity contribution is 0.111. The van der Waals surface area contributed by atoms with E-state index in [4.69, 9.17) is 0 Å². The van der Waals surface area contributed by atoms with Gasteiger partial charge in [0.1, 0.15) is 5.69 Å². The van der Waals surface area contributed by atoms with Gasteiger partial charge in [-0.3, -0.25) is 4.79 Å². The van der Waals surface area contributed by atoms with Gasteiger partial charge in [0.15, 0.2) is 12.1 Å². The summed E-state index contributed by atoms with van der Waals surface area (Å²) >= 11 is 0. The van der Waals surface area contributed by atoms with Crippen LogP contribution in [0.5, 0.6) is 0 Å². The van der Waals surface area contributed by atoms with E-state index in [1.54, 1.807) is 12.4 Å². The number of hydrogen-bond acceptors (Lipinski definition) is 4. The van der Waals surface area contributed by atoms with Crippen LogP contribution in [0.3, 0.4) is 0 Å². The number of rotatable bonds is 4. The first-order valence-corrected chi connectivity index (χ1v) is 6.23. The first-order chi connectivity index (χ1) is 8.24. The van der Waals surface area contributed by atoms with Crippen molar-refractivity contribution < 1.29 is 4.79 Å². The van der Waals surface area contributed by atoms with Crippen molar-refractivity contribution in [1.29, 1.82) is 0 Å². The zero-order valence-electron chi connectivity index (χ0n) is 10.5. The minimum atomic E-state index is 0.410. The molecule has 1 aromatic heterocycles. The molecule has 0 spiro atoms. The van der Waals surface area contributed by atoms with E-state index < -0.39 is 0 Å². The number of aromatic nitrogens is 2. The topological polar surface area (TPSA) is 46.1 Å². The van der Waals surface area contributed by atoms with Crippen molar-refractivity contribution in [2.45, 2.75) is 38.6 Å². The summed E-state index contributed by atoms with van der Waals surface area (Å²) in [5.74, 6) is 1.41. The monoisotopic (exact) mass is 233 g/mol. The number of nitrogens with zero attached hydrogens (tertiary/aromatic N) is 3. The van der Waals surface area contributed by atoms with E-state index in [0.717, 1.165) is 6.29 Å². The van der Waals surface area contributed by atoms with E-state index in [2.05, 4.69) is 21.8 Å². The Balaban J connectivity index is 2.17. The second-order valence-corrected chi connectivity index (χ2v) is 4.78. The van der Waals surface area contributed by atoms with Crippen molar-refractivity contribution in [1.82, 2.24) is 9.97 Å². The van der Waals surface area contributed by atoms with Gasteiger partial charge in [0, 0.05) is 25.5 Å². The smallest absolute Gasteiger partial charge is 0.172 e. The average molecular weight is 233 g/mol. The summed E-state index contributed by atoms with van der Waals surface area (Å²) in [6.45, 7) is 2.21. The molecule has 1 heterocycles. The SMILES string of the molecule is CC(C1CCCC1)N(C)c1nccnc1C=O. The van der Waals surface area contributed by atoms with Gasteiger partial charge in [0.05, 0.1) is 0 Å². The molecule has 0 aromatic carbocycles. The van der Waals surface area contributed by atoms with Gasteiger partial charge in [-0.25, -0.2) is 9.97 Å². The molecule has 1 aromatic rings. The Bertz CT molecular complexity index is 388. The summed E-state index contributed by atoms with van der Waals surface area (Å²) in [6, 6.07) is 0.410. The van der Waals surface area contributed by atoms with Crippen LogP contribution in [-0.2, 0) is 0 Å². The van der Waals surface area contributed by atoms with E-state index >= 15 is 0 Å². The lowest BCUT2D eigenvalue weighted by atomic mass is 9.98. The maximum Gasteiger partial charge on any atom is 0.172 e. The highest BCUT2D eigenvalue weighted by Gasteiger charge is 2.26. The Morgan fingerprint density at radius 1 is 1.35 bits per heavy atom. The molecule has 0 aliphatic heterocycles. The third-order valence-corrected chi connectivity index (χ3v) is 3.84. The first kappa shape index (κ1) is 12.0. The van der Waals surface area contributed by atoms with Crippen LogP contribution in [0, 0.1) is 5.92 Å². The van der Waals surface area contributed by atoms with Crippen molar-refractivity contribution in [2.75, 3.05) is 11.9 Å². The van der Waals surface area contributed by atoms with E-state index in [0.29, 0.717) is 23.5 Å². The summed E-state index contributed by atoms with van der Waals surface area (Å²) in [7, 11) is 2.00. The van der Waals surface area contributed by atoms with Gasteiger partial charge in [0.25, 0.3) is 0 Å². The number of hydrogen-bond donors (Lipinski definition) is 0. The van der Waals surface area contributed by atoms with Crippen LogP contribution in [0.2, 0.25) is 0 Å². The first-order valence-electron chi connectivity index (χ1n) is 6.23. The standard InChI is InChI=1S/C13H19N3O/c1-10(11-5-3-4-6-11)16(2)13-12(9-17)14-7-8-15-13/h7-11H,3-6H2,1-2H3. The van der Waals surface area contributed by atoms with Gasteiger partial charge in [-0.2, -0.15) is 0 Å². The zero-order valence-corrected chi connectivity index (χ0v) is 10.5. The summed E-state index contributed by atoms with van der Waals surface area (Å²) < 4.78 is 0. The molecule has 0 N–H and O–H groups in total. The van der Waals surface area contributed by atoms with E-state index in [1.165, 1.54) is 25.7 Å². The fraction of sp³-hybridized carbons (Fsp3) is 0.615. The summed E-state index contributed by atoms with van der Waals surface area (Å²) in [5.41, 5.74) is 0.430. The minimum Gasteiger partial charge on any atom is -0.355 e. The summed E-state index contributed by atoms with van der Waals surface area (Å²) in [4.78, 5) is 21.4. The highest BCUT2D eigenvalue weighted by Crippen LogP contribution is 2.31. The van der Waals surface area contributed by atoms with Crippen molar-refractivity contribution in [3.8, 4) is 0 Å². The molecule has 1 fully saturated rings. The Kier molecular flexibility index (Phi) is 3.71. The molecule has 0 saturated heterocycles. The van der Waals surface area contributed by atoms with E-state index in [9.17, 15) is 4.79 Å². The maximum absolute atomic E-state index is 10.9. The summed E-state index contributed by atoms with van der Waals surface area (Å²) in [6.07, 6.45) is 9.18. The van der Waals surface area contributed by atoms with Crippen molar-refractivity contribution in [3.05, 3.63) is 18.1 Å². The molecule has 4 heteroatoms. The van der Waals surface area contributed by atoms with Crippen molar-refractivity contribution >= 4 is 12.1 Å². The van der Waals surface area contributed by atoms with Gasteiger partial charge >= 0.3 is 0 Å². The second-order valence-electron chi connectivity index (χ2n) is 4.78. The van der Waals surface area contributed by atoms with Gasteiger partial charge in [-0.15, -0.1) is 0 Å². The molecule has 1 saturated carbocycles. The van der Waals surface area contributed by atoms with Gasteiger partial charge in [0.2, 0.25) is 0 Å². The predicted octanol–water partition coefficient (Wildman–Crippen LogP) is 2.30.